The second-order valence-electron chi connectivity index (χ2n) is 9.95. The molecule has 1 N–H and O–H groups in total. The van der Waals surface area contributed by atoms with E-state index in [2.05, 4.69) is 5.32 Å². The smallest absolute Gasteiger partial charge is 0.264 e. The van der Waals surface area contributed by atoms with Gasteiger partial charge in [-0.25, -0.2) is 12.8 Å². The third-order valence-electron chi connectivity index (χ3n) is 6.38. The van der Waals surface area contributed by atoms with Gasteiger partial charge in [-0.05, 0) is 50.1 Å². The maximum atomic E-state index is 14.6. The standard InChI is InChI=1S/C30H36FN3O5S/c1-21(2)18-32-30(36)23(4)33(19-24-9-6-7-12-28(24)31)29(35)20-34(25-10-8-11-26(17-25)39-5)40(37,38)27-15-13-22(3)14-16-27/h6-17,21,23H,18-20H2,1-5H3,(H,32,36)/t23-/m0/s1. The summed E-state index contributed by atoms with van der Waals surface area (Å²) in [5.41, 5.74) is 1.28. The molecule has 0 aliphatic rings. The molecule has 40 heavy (non-hydrogen) atoms. The van der Waals surface area contributed by atoms with Crippen LogP contribution in [0.2, 0.25) is 0 Å². The number of anilines is 1. The highest BCUT2D eigenvalue weighted by atomic mass is 32.2. The van der Waals surface area contributed by atoms with Gasteiger partial charge in [-0.3, -0.25) is 13.9 Å². The SMILES string of the molecule is COc1cccc(N(CC(=O)N(Cc2ccccc2F)[C@@H](C)C(=O)NCC(C)C)S(=O)(=O)c2ccc(C)cc2)c1. The first-order chi connectivity index (χ1) is 18.9. The Morgan fingerprint density at radius 2 is 1.65 bits per heavy atom. The molecule has 0 saturated carbocycles. The molecule has 10 heteroatoms. The number of carbonyl (C=O) groups excluding carboxylic acids is 2. The first-order valence-corrected chi connectivity index (χ1v) is 14.4. The van der Waals surface area contributed by atoms with E-state index in [4.69, 9.17) is 4.74 Å². The summed E-state index contributed by atoms with van der Waals surface area (Å²) in [5.74, 6) is -1.05. The Bertz CT molecular complexity index is 1430. The van der Waals surface area contributed by atoms with E-state index in [-0.39, 0.29) is 28.6 Å². The van der Waals surface area contributed by atoms with Crippen LogP contribution in [0.25, 0.3) is 0 Å². The van der Waals surface area contributed by atoms with Crippen molar-refractivity contribution in [2.45, 2.75) is 45.2 Å². The van der Waals surface area contributed by atoms with Gasteiger partial charge in [0.2, 0.25) is 11.8 Å². The molecule has 0 spiro atoms. The van der Waals surface area contributed by atoms with Crippen molar-refractivity contribution in [3.05, 3.63) is 89.7 Å². The van der Waals surface area contributed by atoms with Crippen LogP contribution in [0.1, 0.15) is 31.9 Å². The Morgan fingerprint density at radius 3 is 2.27 bits per heavy atom. The van der Waals surface area contributed by atoms with Crippen molar-refractivity contribution >= 4 is 27.5 Å². The summed E-state index contributed by atoms with van der Waals surface area (Å²) in [7, 11) is -2.76. The van der Waals surface area contributed by atoms with Crippen LogP contribution in [-0.4, -0.2) is 51.4 Å². The number of aryl methyl sites for hydroxylation is 1. The zero-order valence-corrected chi connectivity index (χ0v) is 24.2. The Balaban J connectivity index is 2.04. The lowest BCUT2D eigenvalue weighted by Gasteiger charge is -2.32. The quantitative estimate of drug-likeness (QED) is 0.346. The van der Waals surface area contributed by atoms with Gasteiger partial charge in [0.1, 0.15) is 24.2 Å². The number of ether oxygens (including phenoxy) is 1. The van der Waals surface area contributed by atoms with Crippen molar-refractivity contribution in [3.63, 3.8) is 0 Å². The highest BCUT2D eigenvalue weighted by molar-refractivity contribution is 7.92. The summed E-state index contributed by atoms with van der Waals surface area (Å²) >= 11 is 0. The molecule has 0 radical (unpaired) electrons. The molecule has 0 bridgehead atoms. The van der Waals surface area contributed by atoms with E-state index >= 15 is 0 Å². The summed E-state index contributed by atoms with van der Waals surface area (Å²) < 4.78 is 48.6. The molecule has 1 atom stereocenters. The average molecular weight is 570 g/mol. The molecule has 3 rings (SSSR count). The molecule has 0 aliphatic heterocycles. The summed E-state index contributed by atoms with van der Waals surface area (Å²) in [6, 6.07) is 17.6. The van der Waals surface area contributed by atoms with Crippen LogP contribution in [0.5, 0.6) is 5.75 Å². The maximum absolute atomic E-state index is 14.6. The van der Waals surface area contributed by atoms with E-state index in [1.807, 2.05) is 20.8 Å². The molecule has 214 valence electrons. The van der Waals surface area contributed by atoms with Crippen LogP contribution in [-0.2, 0) is 26.2 Å². The number of sulfonamides is 1. The number of hydrogen-bond donors (Lipinski definition) is 1. The monoisotopic (exact) mass is 569 g/mol. The Morgan fingerprint density at radius 1 is 0.975 bits per heavy atom. The van der Waals surface area contributed by atoms with Gasteiger partial charge in [0.25, 0.3) is 10.0 Å². The zero-order chi connectivity index (χ0) is 29.4. The molecular weight excluding hydrogens is 533 g/mol. The van der Waals surface area contributed by atoms with Crippen molar-refractivity contribution < 1.29 is 27.1 Å². The fourth-order valence-corrected chi connectivity index (χ4v) is 5.38. The topological polar surface area (TPSA) is 96.0 Å². The number of rotatable bonds is 12. The molecule has 2 amide bonds. The lowest BCUT2D eigenvalue weighted by Crippen LogP contribution is -2.51. The van der Waals surface area contributed by atoms with Crippen LogP contribution >= 0.6 is 0 Å². The minimum absolute atomic E-state index is 0.00269. The van der Waals surface area contributed by atoms with Gasteiger partial charge < -0.3 is 15.0 Å². The van der Waals surface area contributed by atoms with Crippen molar-refractivity contribution in [3.8, 4) is 5.75 Å². The molecule has 0 heterocycles. The fourth-order valence-electron chi connectivity index (χ4n) is 3.98. The van der Waals surface area contributed by atoms with E-state index in [9.17, 15) is 22.4 Å². The Kier molecular flexibility index (Phi) is 10.3. The number of hydrogen-bond acceptors (Lipinski definition) is 5. The van der Waals surface area contributed by atoms with Gasteiger partial charge in [0, 0.05) is 24.7 Å². The van der Waals surface area contributed by atoms with Gasteiger partial charge in [-0.15, -0.1) is 0 Å². The Hall–Kier alpha value is -3.92. The van der Waals surface area contributed by atoms with Crippen LogP contribution in [0, 0.1) is 18.7 Å². The predicted octanol–water partition coefficient (Wildman–Crippen LogP) is 4.53. The summed E-state index contributed by atoms with van der Waals surface area (Å²) in [4.78, 5) is 28.1. The first kappa shape index (κ1) is 30.6. The van der Waals surface area contributed by atoms with E-state index < -0.39 is 40.2 Å². The van der Waals surface area contributed by atoms with Gasteiger partial charge in [0.15, 0.2) is 0 Å². The molecule has 8 nitrogen and oxygen atoms in total. The fraction of sp³-hybridized carbons (Fsp3) is 0.333. The van der Waals surface area contributed by atoms with Crippen molar-refractivity contribution in [1.82, 2.24) is 10.2 Å². The van der Waals surface area contributed by atoms with E-state index in [1.54, 1.807) is 43.3 Å². The number of halogens is 1. The first-order valence-electron chi connectivity index (χ1n) is 13.0. The van der Waals surface area contributed by atoms with Crippen LogP contribution in [0.15, 0.2) is 77.7 Å². The van der Waals surface area contributed by atoms with E-state index in [0.717, 1.165) is 9.87 Å². The predicted molar refractivity (Wildman–Crippen MR) is 153 cm³/mol. The molecule has 0 aromatic heterocycles. The van der Waals surface area contributed by atoms with Crippen molar-refractivity contribution in [2.75, 3.05) is 24.5 Å². The third-order valence-corrected chi connectivity index (χ3v) is 8.17. The molecule has 0 saturated heterocycles. The van der Waals surface area contributed by atoms with Crippen LogP contribution < -0.4 is 14.4 Å². The third kappa shape index (κ3) is 7.59. The summed E-state index contributed by atoms with van der Waals surface area (Å²) in [6.45, 7) is 6.80. The van der Waals surface area contributed by atoms with Gasteiger partial charge in [-0.2, -0.15) is 0 Å². The molecule has 3 aromatic rings. The Labute approximate surface area is 235 Å². The highest BCUT2D eigenvalue weighted by Gasteiger charge is 2.33. The van der Waals surface area contributed by atoms with Crippen LogP contribution in [0.4, 0.5) is 10.1 Å². The second-order valence-corrected chi connectivity index (χ2v) is 11.8. The van der Waals surface area contributed by atoms with E-state index in [0.29, 0.717) is 12.3 Å². The molecular formula is C30H36FN3O5S. The normalized spacial score (nSPS) is 12.1. The summed E-state index contributed by atoms with van der Waals surface area (Å²) in [5, 5.41) is 2.80. The zero-order valence-electron chi connectivity index (χ0n) is 23.4. The lowest BCUT2D eigenvalue weighted by atomic mass is 10.1. The minimum Gasteiger partial charge on any atom is -0.497 e. The second kappa shape index (κ2) is 13.4. The van der Waals surface area contributed by atoms with Gasteiger partial charge >= 0.3 is 0 Å². The number of nitrogens with one attached hydrogen (secondary N) is 1. The molecule has 3 aromatic carbocycles. The van der Waals surface area contributed by atoms with Crippen molar-refractivity contribution in [2.24, 2.45) is 5.92 Å². The highest BCUT2D eigenvalue weighted by Crippen LogP contribution is 2.28. The number of carbonyl (C=O) groups is 2. The molecule has 0 fully saturated rings. The molecule has 0 aliphatic carbocycles. The average Bonchev–Trinajstić information content (AvgIpc) is 2.93. The lowest BCUT2D eigenvalue weighted by molar-refractivity contribution is -0.139. The van der Waals surface area contributed by atoms with Gasteiger partial charge in [-0.1, -0.05) is 55.8 Å². The number of methoxy groups -OCH3 is 1. The minimum atomic E-state index is -4.22. The van der Waals surface area contributed by atoms with Crippen molar-refractivity contribution in [1.29, 1.82) is 0 Å². The largest absolute Gasteiger partial charge is 0.497 e. The maximum Gasteiger partial charge on any atom is 0.264 e. The van der Waals surface area contributed by atoms with Crippen LogP contribution in [0.3, 0.4) is 0 Å². The number of amides is 2. The van der Waals surface area contributed by atoms with E-state index in [1.165, 1.54) is 48.4 Å². The number of benzene rings is 3. The number of nitrogens with zero attached hydrogens (tertiary/aromatic N) is 2. The van der Waals surface area contributed by atoms with Gasteiger partial charge in [0.05, 0.1) is 17.7 Å². The summed E-state index contributed by atoms with van der Waals surface area (Å²) in [6.07, 6.45) is 0. The molecule has 0 unspecified atom stereocenters.